The molecule has 27 heavy (non-hydrogen) atoms. The fraction of sp³-hybridized carbons (Fsp3) is 0.333. The Morgan fingerprint density at radius 1 is 1.37 bits per heavy atom. The van der Waals surface area contributed by atoms with Crippen molar-refractivity contribution in [2.45, 2.75) is 46.1 Å². The van der Waals surface area contributed by atoms with Crippen LogP contribution in [0.2, 0.25) is 0 Å². The van der Waals surface area contributed by atoms with Crippen LogP contribution in [0.4, 0.5) is 4.39 Å². The number of aromatic amines is 1. The maximum absolute atomic E-state index is 15.1. The quantitative estimate of drug-likeness (QED) is 0.728. The van der Waals surface area contributed by atoms with Crippen molar-refractivity contribution < 1.29 is 14.0 Å². The number of allylic oxidation sites excluding steroid dienone is 1. The largest absolute Gasteiger partial charge is 0.366 e. The fourth-order valence-electron chi connectivity index (χ4n) is 3.69. The van der Waals surface area contributed by atoms with Gasteiger partial charge in [-0.2, -0.15) is 0 Å². The lowest BCUT2D eigenvalue weighted by molar-refractivity contribution is -0.116. The minimum absolute atomic E-state index is 0.141. The number of primary amides is 1. The number of aromatic nitrogens is 1. The summed E-state index contributed by atoms with van der Waals surface area (Å²) < 4.78 is 15.1. The highest BCUT2D eigenvalue weighted by Gasteiger charge is 2.24. The molecule has 5 nitrogen and oxygen atoms in total. The maximum Gasteiger partial charge on any atom is 0.296 e. The molecule has 0 bridgehead atoms. The molecule has 0 aliphatic heterocycles. The summed E-state index contributed by atoms with van der Waals surface area (Å²) in [7, 11) is 0. The van der Waals surface area contributed by atoms with E-state index >= 15 is 4.39 Å². The number of rotatable bonds is 3. The second-order valence-electron chi connectivity index (χ2n) is 6.81. The van der Waals surface area contributed by atoms with Crippen LogP contribution in [-0.2, 0) is 4.79 Å². The lowest BCUT2D eigenvalue weighted by Crippen LogP contribution is -2.33. The predicted octanol–water partition coefficient (Wildman–Crippen LogP) is 3.10. The van der Waals surface area contributed by atoms with Crippen molar-refractivity contribution in [1.82, 2.24) is 10.3 Å². The molecule has 1 atom stereocenters. The average Bonchev–Trinajstić information content (AvgIpc) is 2.90. The van der Waals surface area contributed by atoms with Crippen LogP contribution in [0.25, 0.3) is 16.5 Å². The monoisotopic (exact) mass is 367 g/mol. The number of carbonyl (C=O) groups excluding carboxylic acids is 2. The first-order chi connectivity index (χ1) is 12.8. The molecule has 0 fully saturated rings. The van der Waals surface area contributed by atoms with Gasteiger partial charge in [-0.3, -0.25) is 9.59 Å². The van der Waals surface area contributed by atoms with E-state index in [0.717, 1.165) is 29.7 Å². The normalized spacial score (nSPS) is 16.4. The highest BCUT2D eigenvalue weighted by atomic mass is 19.1. The average molecular weight is 367 g/mol. The highest BCUT2D eigenvalue weighted by Crippen LogP contribution is 2.37. The Morgan fingerprint density at radius 3 is 2.78 bits per heavy atom. The second kappa shape index (κ2) is 7.28. The van der Waals surface area contributed by atoms with Crippen LogP contribution in [0.15, 0.2) is 12.1 Å². The van der Waals surface area contributed by atoms with Gasteiger partial charge < -0.3 is 16.0 Å². The van der Waals surface area contributed by atoms with Crippen LogP contribution in [0.5, 0.6) is 0 Å². The van der Waals surface area contributed by atoms with Crippen LogP contribution in [0, 0.1) is 31.5 Å². The maximum atomic E-state index is 15.1. The number of benzene rings is 1. The number of halogens is 1. The van der Waals surface area contributed by atoms with E-state index in [1.807, 2.05) is 19.9 Å². The Hall–Kier alpha value is -3.07. The van der Waals surface area contributed by atoms with E-state index in [1.165, 1.54) is 6.07 Å². The van der Waals surface area contributed by atoms with Crippen molar-refractivity contribution in [2.75, 3.05) is 0 Å². The number of carbonyl (C=O) groups is 2. The molecular weight excluding hydrogens is 345 g/mol. The molecule has 140 valence electrons. The van der Waals surface area contributed by atoms with Crippen LogP contribution in [0.1, 0.15) is 53.4 Å². The third-order valence-electron chi connectivity index (χ3n) is 5.03. The minimum Gasteiger partial charge on any atom is -0.366 e. The topological polar surface area (TPSA) is 88.0 Å². The Labute approximate surface area is 157 Å². The molecule has 0 spiro atoms. The zero-order valence-electron chi connectivity index (χ0n) is 15.6. The van der Waals surface area contributed by atoms with Crippen LogP contribution < -0.4 is 11.1 Å². The van der Waals surface area contributed by atoms with E-state index in [4.69, 9.17) is 5.73 Å². The number of aryl methyl sites for hydroxylation is 2. The first-order valence-electron chi connectivity index (χ1n) is 8.89. The third-order valence-corrected chi connectivity index (χ3v) is 5.03. The number of nitrogens with two attached hydrogens (primary N) is 1. The van der Waals surface area contributed by atoms with Gasteiger partial charge in [0.05, 0.1) is 11.1 Å². The van der Waals surface area contributed by atoms with Crippen LogP contribution in [-0.4, -0.2) is 22.8 Å². The van der Waals surface area contributed by atoms with Crippen molar-refractivity contribution in [1.29, 1.82) is 0 Å². The van der Waals surface area contributed by atoms with Gasteiger partial charge in [-0.05, 0) is 63.2 Å². The van der Waals surface area contributed by atoms with Crippen LogP contribution >= 0.6 is 0 Å². The highest BCUT2D eigenvalue weighted by molar-refractivity contribution is 6.09. The molecule has 1 aromatic carbocycles. The lowest BCUT2D eigenvalue weighted by Gasteiger charge is -2.23. The summed E-state index contributed by atoms with van der Waals surface area (Å²) in [4.78, 5) is 26.7. The molecule has 1 heterocycles. The Kier molecular flexibility index (Phi) is 5.04. The van der Waals surface area contributed by atoms with E-state index in [2.05, 4.69) is 22.1 Å². The lowest BCUT2D eigenvalue weighted by atomic mass is 9.87. The van der Waals surface area contributed by atoms with E-state index in [0.29, 0.717) is 22.9 Å². The molecule has 3 rings (SSSR count). The number of amides is 2. The number of hydrogen-bond acceptors (Lipinski definition) is 2. The van der Waals surface area contributed by atoms with Gasteiger partial charge in [0.25, 0.3) is 11.8 Å². The summed E-state index contributed by atoms with van der Waals surface area (Å²) in [5.74, 6) is 3.53. The number of fused-ring (bicyclic) bond motifs is 1. The minimum atomic E-state index is -0.674. The van der Waals surface area contributed by atoms with Gasteiger partial charge in [0.15, 0.2) is 0 Å². The van der Waals surface area contributed by atoms with Crippen LogP contribution in [0.3, 0.4) is 0 Å². The SMILES string of the molecule is CC#CC(=O)N[C@@H]1C=C(c2c(F)cc(C(N)=O)c3[nH]c(C)c(C)c23)CCC1. The molecule has 2 amide bonds. The molecule has 0 radical (unpaired) electrons. The molecule has 1 aromatic heterocycles. The Bertz CT molecular complexity index is 1040. The number of hydrogen-bond donors (Lipinski definition) is 3. The van der Waals surface area contributed by atoms with E-state index in [1.54, 1.807) is 6.92 Å². The van der Waals surface area contributed by atoms with Gasteiger partial charge in [0.2, 0.25) is 0 Å². The van der Waals surface area contributed by atoms with Crippen molar-refractivity contribution in [3.8, 4) is 11.8 Å². The zero-order valence-corrected chi connectivity index (χ0v) is 15.6. The van der Waals surface area contributed by atoms with E-state index in [9.17, 15) is 9.59 Å². The first kappa shape index (κ1) is 18.7. The first-order valence-corrected chi connectivity index (χ1v) is 8.89. The van der Waals surface area contributed by atoms with Gasteiger partial charge in [0, 0.05) is 22.7 Å². The number of nitrogens with one attached hydrogen (secondary N) is 2. The zero-order chi connectivity index (χ0) is 19.7. The second-order valence-corrected chi connectivity index (χ2v) is 6.81. The van der Waals surface area contributed by atoms with E-state index < -0.39 is 11.7 Å². The molecule has 4 N–H and O–H groups in total. The fourth-order valence-corrected chi connectivity index (χ4v) is 3.69. The molecule has 0 saturated carbocycles. The molecule has 0 unspecified atom stereocenters. The molecule has 2 aromatic rings. The summed E-state index contributed by atoms with van der Waals surface area (Å²) >= 11 is 0. The molecule has 1 aliphatic rings. The summed E-state index contributed by atoms with van der Waals surface area (Å²) in [6, 6.07) is 0.994. The van der Waals surface area contributed by atoms with Gasteiger partial charge >= 0.3 is 0 Å². The van der Waals surface area contributed by atoms with Gasteiger partial charge in [-0.1, -0.05) is 12.0 Å². The summed E-state index contributed by atoms with van der Waals surface area (Å²) in [5.41, 5.74) is 9.16. The summed E-state index contributed by atoms with van der Waals surface area (Å²) in [6.45, 7) is 5.37. The van der Waals surface area contributed by atoms with Gasteiger partial charge in [0.1, 0.15) is 5.82 Å². The predicted molar refractivity (Wildman–Crippen MR) is 103 cm³/mol. The summed E-state index contributed by atoms with van der Waals surface area (Å²) in [5, 5.41) is 3.52. The Balaban J connectivity index is 2.16. The molecule has 0 saturated heterocycles. The Morgan fingerprint density at radius 2 is 2.11 bits per heavy atom. The number of H-pyrrole nitrogens is 1. The van der Waals surface area contributed by atoms with Gasteiger partial charge in [-0.15, -0.1) is 0 Å². The third kappa shape index (κ3) is 3.45. The van der Waals surface area contributed by atoms with Gasteiger partial charge in [-0.25, -0.2) is 4.39 Å². The van der Waals surface area contributed by atoms with E-state index in [-0.39, 0.29) is 17.5 Å². The molecule has 6 heteroatoms. The molecule has 1 aliphatic carbocycles. The van der Waals surface area contributed by atoms with Crippen molar-refractivity contribution in [2.24, 2.45) is 5.73 Å². The van der Waals surface area contributed by atoms with Crippen molar-refractivity contribution in [3.05, 3.63) is 40.3 Å². The molecular formula is C21H22FN3O2. The standard InChI is InChI=1S/C21H22FN3O2/c1-4-6-17(26)25-14-8-5-7-13(9-14)19-16(22)10-15(21(23)27)20-18(19)11(2)12(3)24-20/h9-10,14,24H,5,7-8H2,1-3H3,(H2,23,27)(H,25,26)/t14-/m0/s1. The summed E-state index contributed by atoms with van der Waals surface area (Å²) in [6.07, 6.45) is 4.17. The smallest absolute Gasteiger partial charge is 0.296 e. The van der Waals surface area contributed by atoms with Crippen molar-refractivity contribution >= 4 is 28.3 Å². The van der Waals surface area contributed by atoms with Crippen molar-refractivity contribution in [3.63, 3.8) is 0 Å².